The molecule has 0 spiro atoms. The van der Waals surface area contributed by atoms with Crippen LogP contribution in [-0.2, 0) is 4.79 Å². The van der Waals surface area contributed by atoms with E-state index in [1.807, 2.05) is 6.07 Å². The first kappa shape index (κ1) is 17.5. The quantitative estimate of drug-likeness (QED) is 0.860. The number of amides is 1. The van der Waals surface area contributed by atoms with E-state index < -0.39 is 0 Å². The van der Waals surface area contributed by atoms with Crippen LogP contribution in [0, 0.1) is 0 Å². The number of nitrogens with zero attached hydrogens (tertiary/aromatic N) is 1. The summed E-state index contributed by atoms with van der Waals surface area (Å²) in [5, 5.41) is 2.74. The number of nitrogens with one attached hydrogen (secondary N) is 1. The van der Waals surface area contributed by atoms with Gasteiger partial charge in [0.25, 0.3) is 0 Å². The van der Waals surface area contributed by atoms with E-state index >= 15 is 0 Å². The van der Waals surface area contributed by atoms with Crippen LogP contribution in [0.4, 0.5) is 5.69 Å². The number of hydrogen-bond donors (Lipinski definition) is 1. The number of hydrogen-bond acceptors (Lipinski definition) is 4. The molecule has 0 atom stereocenters. The van der Waals surface area contributed by atoms with E-state index in [1.54, 1.807) is 57.0 Å². The van der Waals surface area contributed by atoms with Crippen LogP contribution in [0.15, 0.2) is 48.8 Å². The first-order chi connectivity index (χ1) is 10.2. The van der Waals surface area contributed by atoms with Gasteiger partial charge < -0.3 is 14.8 Å². The highest BCUT2D eigenvalue weighted by molar-refractivity contribution is 6.01. The van der Waals surface area contributed by atoms with Gasteiger partial charge in [-0.3, -0.25) is 9.78 Å². The lowest BCUT2D eigenvalue weighted by Crippen LogP contribution is -2.07. The fraction of sp³-hybridized carbons (Fsp3) is 0.125. The van der Waals surface area contributed by atoms with E-state index in [0.29, 0.717) is 17.2 Å². The molecule has 1 amide bonds. The highest BCUT2D eigenvalue weighted by Gasteiger charge is 2.03. The topological polar surface area (TPSA) is 60.5 Å². The predicted octanol–water partition coefficient (Wildman–Crippen LogP) is 3.17. The zero-order valence-electron chi connectivity index (χ0n) is 12.3. The summed E-state index contributed by atoms with van der Waals surface area (Å²) in [5.41, 5.74) is 1.55. The molecule has 0 aliphatic carbocycles. The third-order valence-electron chi connectivity index (χ3n) is 2.78. The molecule has 0 aliphatic heterocycles. The third kappa shape index (κ3) is 4.79. The summed E-state index contributed by atoms with van der Waals surface area (Å²) in [4.78, 5) is 15.7. The van der Waals surface area contributed by atoms with Gasteiger partial charge in [-0.2, -0.15) is 0 Å². The van der Waals surface area contributed by atoms with Crippen molar-refractivity contribution in [3.05, 3.63) is 54.4 Å². The molecule has 0 saturated heterocycles. The van der Waals surface area contributed by atoms with Crippen molar-refractivity contribution in [2.75, 3.05) is 19.5 Å². The molecule has 5 nitrogen and oxygen atoms in total. The minimum Gasteiger partial charge on any atom is -0.493 e. The van der Waals surface area contributed by atoms with Crippen molar-refractivity contribution in [2.24, 2.45) is 0 Å². The number of pyridine rings is 1. The van der Waals surface area contributed by atoms with Gasteiger partial charge in [0.1, 0.15) is 0 Å². The number of anilines is 1. The Bertz CT molecular complexity index is 645. The van der Waals surface area contributed by atoms with E-state index in [0.717, 1.165) is 5.56 Å². The molecule has 0 saturated carbocycles. The van der Waals surface area contributed by atoms with Crippen molar-refractivity contribution in [1.29, 1.82) is 0 Å². The Morgan fingerprint density at radius 3 is 2.41 bits per heavy atom. The summed E-state index contributed by atoms with van der Waals surface area (Å²) in [7, 11) is 3.15. The fourth-order valence-electron chi connectivity index (χ4n) is 1.75. The lowest BCUT2D eigenvalue weighted by atomic mass is 10.2. The van der Waals surface area contributed by atoms with Crippen molar-refractivity contribution in [1.82, 2.24) is 4.98 Å². The fourth-order valence-corrected chi connectivity index (χ4v) is 1.75. The molecule has 2 aromatic rings. The average Bonchev–Trinajstić information content (AvgIpc) is 2.53. The van der Waals surface area contributed by atoms with Gasteiger partial charge >= 0.3 is 0 Å². The largest absolute Gasteiger partial charge is 0.493 e. The van der Waals surface area contributed by atoms with Gasteiger partial charge in [-0.05, 0) is 35.9 Å². The number of carbonyl (C=O) groups is 1. The van der Waals surface area contributed by atoms with Crippen LogP contribution >= 0.6 is 12.4 Å². The molecule has 0 aliphatic rings. The number of ether oxygens (including phenoxy) is 2. The van der Waals surface area contributed by atoms with Gasteiger partial charge in [0.05, 0.1) is 14.2 Å². The molecule has 1 heterocycles. The van der Waals surface area contributed by atoms with E-state index in [1.165, 1.54) is 6.08 Å². The zero-order chi connectivity index (χ0) is 15.1. The first-order valence-corrected chi connectivity index (χ1v) is 6.34. The minimum absolute atomic E-state index is 0. The first-order valence-electron chi connectivity index (χ1n) is 6.34. The van der Waals surface area contributed by atoms with E-state index in [4.69, 9.17) is 9.47 Å². The van der Waals surface area contributed by atoms with Gasteiger partial charge in [0, 0.05) is 24.2 Å². The van der Waals surface area contributed by atoms with E-state index in [9.17, 15) is 4.79 Å². The highest BCUT2D eigenvalue weighted by Crippen LogP contribution is 2.27. The molecule has 0 unspecified atom stereocenters. The lowest BCUT2D eigenvalue weighted by molar-refractivity contribution is -0.111. The number of benzene rings is 1. The molecule has 0 bridgehead atoms. The number of halogens is 1. The summed E-state index contributed by atoms with van der Waals surface area (Å²) in [6.07, 6.45) is 6.40. The molecule has 116 valence electrons. The van der Waals surface area contributed by atoms with Crippen LogP contribution < -0.4 is 14.8 Å². The second-order valence-electron chi connectivity index (χ2n) is 4.17. The van der Waals surface area contributed by atoms with Crippen molar-refractivity contribution < 1.29 is 14.3 Å². The van der Waals surface area contributed by atoms with Gasteiger partial charge in [0.2, 0.25) is 5.91 Å². The molecule has 1 aromatic carbocycles. The normalized spacial score (nSPS) is 9.91. The van der Waals surface area contributed by atoms with Crippen LogP contribution in [0.1, 0.15) is 5.56 Å². The monoisotopic (exact) mass is 320 g/mol. The smallest absolute Gasteiger partial charge is 0.248 e. The Kier molecular flexibility index (Phi) is 6.92. The van der Waals surface area contributed by atoms with Crippen molar-refractivity contribution in [3.8, 4) is 11.5 Å². The van der Waals surface area contributed by atoms with Crippen LogP contribution in [0.5, 0.6) is 11.5 Å². The molecule has 1 N–H and O–H groups in total. The molecule has 0 radical (unpaired) electrons. The number of methoxy groups -OCH3 is 2. The Morgan fingerprint density at radius 1 is 1.09 bits per heavy atom. The zero-order valence-corrected chi connectivity index (χ0v) is 13.1. The van der Waals surface area contributed by atoms with E-state index in [2.05, 4.69) is 10.3 Å². The summed E-state index contributed by atoms with van der Waals surface area (Å²) < 4.78 is 10.4. The Hall–Kier alpha value is -2.53. The van der Waals surface area contributed by atoms with Crippen LogP contribution in [-0.4, -0.2) is 25.1 Å². The van der Waals surface area contributed by atoms with Crippen LogP contribution in [0.3, 0.4) is 0 Å². The van der Waals surface area contributed by atoms with E-state index in [-0.39, 0.29) is 18.3 Å². The minimum atomic E-state index is -0.212. The summed E-state index contributed by atoms with van der Waals surface area (Å²) in [5.74, 6) is 1.06. The number of rotatable bonds is 5. The van der Waals surface area contributed by atoms with Gasteiger partial charge in [-0.1, -0.05) is 6.07 Å². The van der Waals surface area contributed by atoms with Gasteiger partial charge in [0.15, 0.2) is 11.5 Å². The lowest BCUT2D eigenvalue weighted by Gasteiger charge is -2.07. The summed E-state index contributed by atoms with van der Waals surface area (Å²) >= 11 is 0. The highest BCUT2D eigenvalue weighted by atomic mass is 35.5. The second kappa shape index (κ2) is 8.69. The average molecular weight is 321 g/mol. The second-order valence-corrected chi connectivity index (χ2v) is 4.17. The van der Waals surface area contributed by atoms with Crippen molar-refractivity contribution in [2.45, 2.75) is 0 Å². The van der Waals surface area contributed by atoms with Crippen LogP contribution in [0.2, 0.25) is 0 Å². The standard InChI is InChI=1S/C16H16N2O3.ClH/c1-20-14-5-3-12(11-15(14)21-2)4-6-16(19)18-13-7-9-17-10-8-13;/h3-11H,1-2H3,(H,17,18,19);1H/b6-4+;. The Balaban J connectivity index is 0.00000242. The predicted molar refractivity (Wildman–Crippen MR) is 88.7 cm³/mol. The maximum absolute atomic E-state index is 11.8. The maximum atomic E-state index is 11.8. The van der Waals surface area contributed by atoms with Crippen LogP contribution in [0.25, 0.3) is 6.08 Å². The SMILES string of the molecule is COc1ccc(/C=C/C(=O)Nc2ccncc2)cc1OC.Cl. The molecular formula is C16H17ClN2O3. The molecule has 22 heavy (non-hydrogen) atoms. The van der Waals surface area contributed by atoms with Gasteiger partial charge in [-0.15, -0.1) is 12.4 Å². The van der Waals surface area contributed by atoms with Crippen molar-refractivity contribution >= 4 is 30.1 Å². The molecule has 1 aromatic heterocycles. The molecular weight excluding hydrogens is 304 g/mol. The molecule has 0 fully saturated rings. The molecule has 6 heteroatoms. The van der Waals surface area contributed by atoms with Crippen molar-refractivity contribution in [3.63, 3.8) is 0 Å². The number of aromatic nitrogens is 1. The summed E-state index contributed by atoms with van der Waals surface area (Å²) in [6, 6.07) is 8.89. The van der Waals surface area contributed by atoms with Gasteiger partial charge in [-0.25, -0.2) is 0 Å². The number of carbonyl (C=O) groups excluding carboxylic acids is 1. The molecule has 2 rings (SSSR count). The summed E-state index contributed by atoms with van der Waals surface area (Å²) in [6.45, 7) is 0. The maximum Gasteiger partial charge on any atom is 0.248 e. The third-order valence-corrected chi connectivity index (χ3v) is 2.78. The Morgan fingerprint density at radius 2 is 1.77 bits per heavy atom. The Labute approximate surface area is 135 Å².